The van der Waals surface area contributed by atoms with Gasteiger partial charge in [0, 0.05) is 17.0 Å². The number of benzene rings is 2. The summed E-state index contributed by atoms with van der Waals surface area (Å²) >= 11 is 0. The van der Waals surface area contributed by atoms with Crippen molar-refractivity contribution in [2.75, 3.05) is 7.05 Å². The minimum atomic E-state index is -3.85. The van der Waals surface area contributed by atoms with Gasteiger partial charge in [-0.3, -0.25) is 0 Å². The molecule has 0 saturated carbocycles. The largest absolute Gasteiger partial charge is 0.457 e. The van der Waals surface area contributed by atoms with E-state index in [1.807, 2.05) is 6.92 Å². The van der Waals surface area contributed by atoms with E-state index >= 15 is 0 Å². The SMILES string of the molecule is CNS(=O)(=O)c1ccc(F)c(C(=O)OCc2cc(=O)oc3cc(C)ccc23)c1. The van der Waals surface area contributed by atoms with Gasteiger partial charge in [0.15, 0.2) is 0 Å². The zero-order valence-corrected chi connectivity index (χ0v) is 15.8. The zero-order chi connectivity index (χ0) is 20.5. The number of esters is 1. The topological polar surface area (TPSA) is 103 Å². The standard InChI is InChI=1S/C19H16FNO6S/c1-11-3-5-14-12(8-18(22)27-17(14)7-11)10-26-19(23)15-9-13(4-6-16(15)20)28(24,25)21-2/h3-9,21H,10H2,1-2H3. The van der Waals surface area contributed by atoms with Crippen LogP contribution in [0, 0.1) is 12.7 Å². The molecule has 0 fully saturated rings. The van der Waals surface area contributed by atoms with Crippen molar-refractivity contribution in [2.24, 2.45) is 0 Å². The molecule has 1 heterocycles. The summed E-state index contributed by atoms with van der Waals surface area (Å²) in [5.41, 5.74) is 0.470. The molecule has 0 aliphatic carbocycles. The Hall–Kier alpha value is -3.04. The van der Waals surface area contributed by atoms with Crippen LogP contribution in [-0.2, 0) is 21.4 Å². The number of carbonyl (C=O) groups is 1. The van der Waals surface area contributed by atoms with Crippen molar-refractivity contribution < 1.29 is 26.8 Å². The van der Waals surface area contributed by atoms with Crippen molar-refractivity contribution in [3.05, 3.63) is 75.4 Å². The molecule has 28 heavy (non-hydrogen) atoms. The first-order valence-electron chi connectivity index (χ1n) is 8.15. The van der Waals surface area contributed by atoms with Gasteiger partial charge >= 0.3 is 11.6 Å². The number of nitrogens with one attached hydrogen (secondary N) is 1. The number of sulfonamides is 1. The van der Waals surface area contributed by atoms with Crippen LogP contribution in [0.3, 0.4) is 0 Å². The Balaban J connectivity index is 1.90. The number of ether oxygens (including phenoxy) is 1. The van der Waals surface area contributed by atoms with Crippen LogP contribution in [0.4, 0.5) is 4.39 Å². The molecule has 1 aromatic heterocycles. The normalized spacial score (nSPS) is 11.5. The predicted molar refractivity (Wildman–Crippen MR) is 99.0 cm³/mol. The number of carbonyl (C=O) groups excluding carboxylic acids is 1. The predicted octanol–water partition coefficient (Wildman–Crippen LogP) is 2.51. The van der Waals surface area contributed by atoms with Gasteiger partial charge in [0.25, 0.3) is 0 Å². The number of hydrogen-bond donors (Lipinski definition) is 1. The molecule has 0 saturated heterocycles. The Morgan fingerprint density at radius 2 is 1.93 bits per heavy atom. The van der Waals surface area contributed by atoms with Crippen molar-refractivity contribution in [2.45, 2.75) is 18.4 Å². The fourth-order valence-corrected chi connectivity index (χ4v) is 3.38. The first-order valence-corrected chi connectivity index (χ1v) is 9.63. The third-order valence-corrected chi connectivity index (χ3v) is 5.49. The number of rotatable bonds is 5. The molecule has 146 valence electrons. The van der Waals surface area contributed by atoms with Gasteiger partial charge in [-0.2, -0.15) is 0 Å². The van der Waals surface area contributed by atoms with Crippen LogP contribution in [0.15, 0.2) is 56.6 Å². The highest BCUT2D eigenvalue weighted by atomic mass is 32.2. The van der Waals surface area contributed by atoms with E-state index in [-0.39, 0.29) is 11.5 Å². The van der Waals surface area contributed by atoms with Gasteiger partial charge in [-0.15, -0.1) is 0 Å². The van der Waals surface area contributed by atoms with E-state index in [0.29, 0.717) is 16.5 Å². The zero-order valence-electron chi connectivity index (χ0n) is 15.0. The highest BCUT2D eigenvalue weighted by Crippen LogP contribution is 2.21. The van der Waals surface area contributed by atoms with Gasteiger partial charge in [0.05, 0.1) is 10.5 Å². The lowest BCUT2D eigenvalue weighted by molar-refractivity contribution is 0.0468. The summed E-state index contributed by atoms with van der Waals surface area (Å²) in [5, 5.41) is 0.574. The maximum Gasteiger partial charge on any atom is 0.341 e. The van der Waals surface area contributed by atoms with Crippen LogP contribution >= 0.6 is 0 Å². The highest BCUT2D eigenvalue weighted by Gasteiger charge is 2.20. The summed E-state index contributed by atoms with van der Waals surface area (Å²) in [6.45, 7) is 1.52. The smallest absolute Gasteiger partial charge is 0.341 e. The quantitative estimate of drug-likeness (QED) is 0.517. The van der Waals surface area contributed by atoms with Gasteiger partial charge in [-0.05, 0) is 43.8 Å². The Labute approximate surface area is 159 Å². The van der Waals surface area contributed by atoms with E-state index in [0.717, 1.165) is 23.8 Å². The molecule has 1 N–H and O–H groups in total. The lowest BCUT2D eigenvalue weighted by Gasteiger charge is -2.09. The average Bonchev–Trinajstić information content (AvgIpc) is 2.65. The van der Waals surface area contributed by atoms with Crippen LogP contribution in [0.1, 0.15) is 21.5 Å². The van der Waals surface area contributed by atoms with Crippen molar-refractivity contribution in [1.82, 2.24) is 4.72 Å². The lowest BCUT2D eigenvalue weighted by Crippen LogP contribution is -2.19. The molecule has 0 bridgehead atoms. The second-order valence-corrected chi connectivity index (χ2v) is 7.90. The van der Waals surface area contributed by atoms with E-state index in [1.54, 1.807) is 18.2 Å². The van der Waals surface area contributed by atoms with Crippen molar-refractivity contribution in [3.63, 3.8) is 0 Å². The molecular weight excluding hydrogens is 389 g/mol. The summed E-state index contributed by atoms with van der Waals surface area (Å²) in [6, 6.07) is 9.19. The Bertz CT molecular complexity index is 1230. The lowest BCUT2D eigenvalue weighted by atomic mass is 10.1. The third kappa shape index (κ3) is 3.95. The molecule has 3 rings (SSSR count). The highest BCUT2D eigenvalue weighted by molar-refractivity contribution is 7.89. The summed E-state index contributed by atoms with van der Waals surface area (Å²) in [5.74, 6) is -1.98. The van der Waals surface area contributed by atoms with E-state index in [4.69, 9.17) is 9.15 Å². The maximum absolute atomic E-state index is 14.0. The van der Waals surface area contributed by atoms with Gasteiger partial charge in [0.2, 0.25) is 10.0 Å². The number of aryl methyl sites for hydroxylation is 1. The second kappa shape index (κ2) is 7.53. The Kier molecular flexibility index (Phi) is 5.30. The molecule has 0 amide bonds. The summed E-state index contributed by atoms with van der Waals surface area (Å²) in [7, 11) is -2.66. The summed E-state index contributed by atoms with van der Waals surface area (Å²) in [4.78, 5) is 23.8. The van der Waals surface area contributed by atoms with E-state index in [1.165, 1.54) is 13.1 Å². The first-order chi connectivity index (χ1) is 13.2. The molecular formula is C19H16FNO6S. The molecule has 7 nitrogen and oxygen atoms in total. The number of halogens is 1. The van der Waals surface area contributed by atoms with Crippen molar-refractivity contribution >= 4 is 27.0 Å². The number of hydrogen-bond acceptors (Lipinski definition) is 6. The monoisotopic (exact) mass is 405 g/mol. The van der Waals surface area contributed by atoms with E-state index in [9.17, 15) is 22.4 Å². The molecule has 9 heteroatoms. The van der Waals surface area contributed by atoms with Crippen LogP contribution in [-0.4, -0.2) is 21.4 Å². The molecule has 0 atom stereocenters. The van der Waals surface area contributed by atoms with E-state index < -0.39 is 33.0 Å². The molecule has 0 aliphatic rings. The van der Waals surface area contributed by atoms with Gasteiger partial charge in [-0.25, -0.2) is 27.1 Å². The molecule has 0 radical (unpaired) electrons. The Morgan fingerprint density at radius 3 is 2.64 bits per heavy atom. The van der Waals surface area contributed by atoms with Crippen molar-refractivity contribution in [1.29, 1.82) is 0 Å². The van der Waals surface area contributed by atoms with Gasteiger partial charge in [0.1, 0.15) is 18.0 Å². The minimum absolute atomic E-state index is 0.273. The number of fused-ring (bicyclic) bond motifs is 1. The van der Waals surface area contributed by atoms with Gasteiger partial charge in [-0.1, -0.05) is 12.1 Å². The van der Waals surface area contributed by atoms with Crippen LogP contribution in [0.25, 0.3) is 11.0 Å². The second-order valence-electron chi connectivity index (χ2n) is 6.02. The molecule has 0 spiro atoms. The maximum atomic E-state index is 14.0. The minimum Gasteiger partial charge on any atom is -0.457 e. The summed E-state index contributed by atoms with van der Waals surface area (Å²) in [6.07, 6.45) is 0. The van der Waals surface area contributed by atoms with E-state index in [2.05, 4.69) is 4.72 Å². The van der Waals surface area contributed by atoms with Crippen LogP contribution in [0.2, 0.25) is 0 Å². The van der Waals surface area contributed by atoms with Crippen LogP contribution in [0.5, 0.6) is 0 Å². The molecule has 0 unspecified atom stereocenters. The molecule has 2 aromatic carbocycles. The average molecular weight is 405 g/mol. The first kappa shape index (κ1) is 19.7. The van der Waals surface area contributed by atoms with Crippen molar-refractivity contribution in [3.8, 4) is 0 Å². The molecule has 3 aromatic rings. The fourth-order valence-electron chi connectivity index (χ4n) is 2.62. The third-order valence-electron chi connectivity index (χ3n) is 4.08. The van der Waals surface area contributed by atoms with Crippen LogP contribution < -0.4 is 10.3 Å². The fraction of sp³-hybridized carbons (Fsp3) is 0.158. The Morgan fingerprint density at radius 1 is 1.18 bits per heavy atom. The molecule has 0 aliphatic heterocycles. The van der Waals surface area contributed by atoms with Gasteiger partial charge < -0.3 is 9.15 Å². The summed E-state index contributed by atoms with van der Waals surface area (Å²) < 4.78 is 50.0.